The molecular formula is C31H34N2O6. The zero-order valence-electron chi connectivity index (χ0n) is 22.8. The number of hydrogen-bond acceptors (Lipinski definition) is 8. The van der Waals surface area contributed by atoms with Crippen LogP contribution in [0.15, 0.2) is 65.9 Å². The number of allylic oxidation sites excluding steroid dienone is 1. The Hall–Kier alpha value is -4.33. The Morgan fingerprint density at radius 1 is 0.821 bits per heavy atom. The number of nitrogens with one attached hydrogen (secondary N) is 2. The van der Waals surface area contributed by atoms with Gasteiger partial charge in [0, 0.05) is 17.7 Å². The Morgan fingerprint density at radius 2 is 1.46 bits per heavy atom. The van der Waals surface area contributed by atoms with E-state index in [2.05, 4.69) is 10.6 Å². The molecule has 3 aromatic carbocycles. The minimum atomic E-state index is -0.482. The number of benzene rings is 3. The third kappa shape index (κ3) is 5.06. The van der Waals surface area contributed by atoms with Gasteiger partial charge in [-0.1, -0.05) is 18.2 Å². The molecule has 0 radical (unpaired) electrons. The lowest BCUT2D eigenvalue weighted by Crippen LogP contribution is -2.27. The van der Waals surface area contributed by atoms with Crippen molar-refractivity contribution >= 4 is 17.2 Å². The smallest absolute Gasteiger partial charge is 0.200 e. The van der Waals surface area contributed by atoms with E-state index in [4.69, 9.17) is 18.9 Å². The zero-order chi connectivity index (χ0) is 27.7. The monoisotopic (exact) mass is 530 g/mol. The highest BCUT2D eigenvalue weighted by atomic mass is 16.5. The fourth-order valence-corrected chi connectivity index (χ4v) is 5.35. The van der Waals surface area contributed by atoms with Gasteiger partial charge in [0.25, 0.3) is 0 Å². The maximum absolute atomic E-state index is 13.9. The van der Waals surface area contributed by atoms with Gasteiger partial charge >= 0.3 is 0 Å². The SMILES string of the molecule is COc1cc(C2CC(=O)C3=C(C2)Nc2ccccc2NC3c2cc(OC)c(O)c(OC)c2)ccc1OC(C)C. The lowest BCUT2D eigenvalue weighted by molar-refractivity contribution is -0.116. The van der Waals surface area contributed by atoms with Crippen LogP contribution in [0.3, 0.4) is 0 Å². The average molecular weight is 531 g/mol. The van der Waals surface area contributed by atoms with Crippen LogP contribution in [0.1, 0.15) is 49.8 Å². The summed E-state index contributed by atoms with van der Waals surface area (Å²) in [4.78, 5) is 13.9. The number of hydrogen-bond donors (Lipinski definition) is 3. The molecule has 8 heteroatoms. The van der Waals surface area contributed by atoms with E-state index in [1.165, 1.54) is 14.2 Å². The molecule has 2 unspecified atom stereocenters. The third-order valence-corrected chi connectivity index (χ3v) is 7.17. The summed E-state index contributed by atoms with van der Waals surface area (Å²) >= 11 is 0. The maximum atomic E-state index is 13.9. The summed E-state index contributed by atoms with van der Waals surface area (Å²) in [6.45, 7) is 3.95. The molecule has 3 N–H and O–H groups in total. The molecule has 8 nitrogen and oxygen atoms in total. The number of aromatic hydroxyl groups is 1. The number of para-hydroxylation sites is 2. The van der Waals surface area contributed by atoms with E-state index in [9.17, 15) is 9.90 Å². The number of methoxy groups -OCH3 is 3. The number of rotatable bonds is 7. The number of carbonyl (C=O) groups excluding carboxylic acids is 1. The van der Waals surface area contributed by atoms with Gasteiger partial charge in [-0.2, -0.15) is 0 Å². The third-order valence-electron chi connectivity index (χ3n) is 7.17. The number of carbonyl (C=O) groups is 1. The van der Waals surface area contributed by atoms with Crippen LogP contribution in [0.2, 0.25) is 0 Å². The Morgan fingerprint density at radius 3 is 2.10 bits per heavy atom. The first-order chi connectivity index (χ1) is 18.8. The van der Waals surface area contributed by atoms with Crippen LogP contribution in [0.5, 0.6) is 28.7 Å². The van der Waals surface area contributed by atoms with Crippen LogP contribution < -0.4 is 29.6 Å². The van der Waals surface area contributed by atoms with Crippen molar-refractivity contribution in [3.05, 3.63) is 77.0 Å². The number of fused-ring (bicyclic) bond motifs is 1. The van der Waals surface area contributed by atoms with Crippen molar-refractivity contribution in [3.8, 4) is 28.7 Å². The van der Waals surface area contributed by atoms with Gasteiger partial charge in [0.15, 0.2) is 28.8 Å². The number of ether oxygens (including phenoxy) is 4. The lowest BCUT2D eigenvalue weighted by Gasteiger charge is -2.30. The van der Waals surface area contributed by atoms with Crippen LogP contribution in [0.25, 0.3) is 0 Å². The van der Waals surface area contributed by atoms with Crippen molar-refractivity contribution in [3.63, 3.8) is 0 Å². The van der Waals surface area contributed by atoms with E-state index < -0.39 is 6.04 Å². The van der Waals surface area contributed by atoms with Gasteiger partial charge in [-0.3, -0.25) is 4.79 Å². The fourth-order valence-electron chi connectivity index (χ4n) is 5.35. The molecular weight excluding hydrogens is 496 g/mol. The van der Waals surface area contributed by atoms with E-state index in [1.54, 1.807) is 19.2 Å². The summed E-state index contributed by atoms with van der Waals surface area (Å²) in [6, 6.07) is 16.8. The van der Waals surface area contributed by atoms with Crippen LogP contribution in [0.4, 0.5) is 11.4 Å². The minimum Gasteiger partial charge on any atom is -0.502 e. The second-order valence-corrected chi connectivity index (χ2v) is 10.0. The molecule has 0 fully saturated rings. The molecule has 2 atom stereocenters. The van der Waals surface area contributed by atoms with Crippen molar-refractivity contribution in [2.75, 3.05) is 32.0 Å². The van der Waals surface area contributed by atoms with Gasteiger partial charge in [0.2, 0.25) is 5.75 Å². The largest absolute Gasteiger partial charge is 0.502 e. The van der Waals surface area contributed by atoms with Gasteiger partial charge in [0.1, 0.15) is 0 Å². The number of anilines is 2. The molecule has 5 rings (SSSR count). The summed E-state index contributed by atoms with van der Waals surface area (Å²) in [5.74, 6) is 1.78. The molecule has 1 heterocycles. The zero-order valence-corrected chi connectivity index (χ0v) is 22.8. The van der Waals surface area contributed by atoms with Crippen LogP contribution in [-0.2, 0) is 4.79 Å². The number of ketones is 1. The topological polar surface area (TPSA) is 98.3 Å². The highest BCUT2D eigenvalue weighted by molar-refractivity contribution is 6.01. The number of phenolic OH excluding ortho intramolecular Hbond substituents is 1. The maximum Gasteiger partial charge on any atom is 0.200 e. The Bertz CT molecular complexity index is 1410. The number of Topliss-reactive ketones (excluding diaryl/α,β-unsaturated/α-hetero) is 1. The molecule has 0 aromatic heterocycles. The summed E-state index contributed by atoms with van der Waals surface area (Å²) in [5, 5.41) is 17.6. The predicted molar refractivity (Wildman–Crippen MR) is 150 cm³/mol. The number of phenols is 1. The van der Waals surface area contributed by atoms with Crippen molar-refractivity contribution < 1.29 is 28.8 Å². The molecule has 2 aliphatic rings. The van der Waals surface area contributed by atoms with E-state index >= 15 is 0 Å². The highest BCUT2D eigenvalue weighted by Crippen LogP contribution is 2.47. The average Bonchev–Trinajstić information content (AvgIpc) is 3.10. The summed E-state index contributed by atoms with van der Waals surface area (Å²) in [7, 11) is 4.60. The van der Waals surface area contributed by atoms with Crippen molar-refractivity contribution in [2.24, 2.45) is 0 Å². The van der Waals surface area contributed by atoms with Crippen LogP contribution >= 0.6 is 0 Å². The van der Waals surface area contributed by atoms with Gasteiger partial charge in [0.05, 0.1) is 44.8 Å². The lowest BCUT2D eigenvalue weighted by atomic mass is 9.78. The molecule has 39 heavy (non-hydrogen) atoms. The molecule has 1 aliphatic heterocycles. The Kier molecular flexibility index (Phi) is 7.28. The first-order valence-corrected chi connectivity index (χ1v) is 13.0. The summed E-state index contributed by atoms with van der Waals surface area (Å²) in [6.07, 6.45) is 0.994. The van der Waals surface area contributed by atoms with Crippen molar-refractivity contribution in [1.82, 2.24) is 0 Å². The summed E-state index contributed by atoms with van der Waals surface area (Å²) < 4.78 is 22.3. The molecule has 0 amide bonds. The van der Waals surface area contributed by atoms with E-state index in [1.807, 2.05) is 56.3 Å². The second kappa shape index (κ2) is 10.8. The molecule has 0 spiro atoms. The van der Waals surface area contributed by atoms with Gasteiger partial charge in [-0.15, -0.1) is 0 Å². The van der Waals surface area contributed by atoms with E-state index in [0.29, 0.717) is 29.9 Å². The predicted octanol–water partition coefficient (Wildman–Crippen LogP) is 6.18. The van der Waals surface area contributed by atoms with E-state index in [-0.39, 0.29) is 35.1 Å². The van der Waals surface area contributed by atoms with Gasteiger partial charge < -0.3 is 34.7 Å². The fraction of sp³-hybridized carbons (Fsp3) is 0.323. The minimum absolute atomic E-state index is 0.0190. The Balaban J connectivity index is 1.59. The quantitative estimate of drug-likeness (QED) is 0.333. The molecule has 1 aliphatic carbocycles. The van der Waals surface area contributed by atoms with E-state index in [0.717, 1.165) is 28.2 Å². The molecule has 3 aromatic rings. The normalized spacial score (nSPS) is 18.4. The van der Waals surface area contributed by atoms with Crippen molar-refractivity contribution in [2.45, 2.75) is 44.8 Å². The Labute approximate surface area is 228 Å². The molecule has 0 bridgehead atoms. The summed E-state index contributed by atoms with van der Waals surface area (Å²) in [5.41, 5.74) is 5.02. The molecule has 204 valence electrons. The van der Waals surface area contributed by atoms with Crippen LogP contribution in [0, 0.1) is 0 Å². The van der Waals surface area contributed by atoms with Gasteiger partial charge in [-0.05, 0) is 73.7 Å². The van der Waals surface area contributed by atoms with Gasteiger partial charge in [-0.25, -0.2) is 0 Å². The molecule has 0 saturated carbocycles. The molecule has 0 saturated heterocycles. The first kappa shape index (κ1) is 26.3. The van der Waals surface area contributed by atoms with Crippen LogP contribution in [-0.4, -0.2) is 38.3 Å². The standard InChI is InChI=1S/C31H34N2O6/c1-17(2)39-25-11-10-18(14-26(25)36-3)19-12-23-29(24(34)13-19)30(33-22-9-7-6-8-21(22)32-23)20-15-27(37-4)31(35)28(16-20)38-5/h6-11,14-17,19,30,32-33,35H,12-13H2,1-5H3. The second-order valence-electron chi connectivity index (χ2n) is 10.0. The van der Waals surface area contributed by atoms with Crippen molar-refractivity contribution in [1.29, 1.82) is 0 Å². The first-order valence-electron chi connectivity index (χ1n) is 13.0. The highest BCUT2D eigenvalue weighted by Gasteiger charge is 2.37.